The summed E-state index contributed by atoms with van der Waals surface area (Å²) in [4.78, 5) is 2.27. The zero-order valence-electron chi connectivity index (χ0n) is 9.41. The van der Waals surface area contributed by atoms with Gasteiger partial charge in [0, 0.05) is 19.7 Å². The molecule has 0 bridgehead atoms. The van der Waals surface area contributed by atoms with Gasteiger partial charge in [-0.25, -0.2) is 0 Å². The van der Waals surface area contributed by atoms with Gasteiger partial charge in [-0.1, -0.05) is 0 Å². The van der Waals surface area contributed by atoms with Gasteiger partial charge in [-0.2, -0.15) is 0 Å². The van der Waals surface area contributed by atoms with Crippen LogP contribution < -0.4 is 0 Å². The maximum atomic E-state index is 9.13. The molecule has 0 spiro atoms. The van der Waals surface area contributed by atoms with Gasteiger partial charge in [0.2, 0.25) is 0 Å². The molecule has 1 N–H and O–H groups in total. The van der Waals surface area contributed by atoms with Crippen LogP contribution in [-0.4, -0.2) is 49.0 Å². The molecule has 0 radical (unpaired) electrons. The molecule has 2 unspecified atom stereocenters. The smallest absolute Gasteiger partial charge is 0.0588 e. The molecule has 0 aromatic heterocycles. The van der Waals surface area contributed by atoms with Crippen molar-refractivity contribution in [3.63, 3.8) is 0 Å². The Morgan fingerprint density at radius 2 is 2.29 bits per heavy atom. The molecule has 1 saturated heterocycles. The van der Waals surface area contributed by atoms with E-state index in [4.69, 9.17) is 9.84 Å². The van der Waals surface area contributed by atoms with Crippen molar-refractivity contribution in [2.45, 2.75) is 44.8 Å². The summed E-state index contributed by atoms with van der Waals surface area (Å²) in [5.74, 6) is 0. The van der Waals surface area contributed by atoms with Gasteiger partial charge in [0.15, 0.2) is 0 Å². The summed E-state index contributed by atoms with van der Waals surface area (Å²) >= 11 is 0. The van der Waals surface area contributed by atoms with Crippen LogP contribution in [0.25, 0.3) is 0 Å². The fraction of sp³-hybridized carbons (Fsp3) is 1.00. The fourth-order valence-electron chi connectivity index (χ4n) is 1.76. The van der Waals surface area contributed by atoms with Crippen molar-refractivity contribution in [2.75, 3.05) is 26.7 Å². The predicted molar refractivity (Wildman–Crippen MR) is 57.4 cm³/mol. The first-order valence-corrected chi connectivity index (χ1v) is 5.66. The predicted octanol–water partition coefficient (Wildman–Crippen LogP) is 1.26. The van der Waals surface area contributed by atoms with Crippen molar-refractivity contribution >= 4 is 0 Å². The Morgan fingerprint density at radius 1 is 1.50 bits per heavy atom. The minimum Gasteiger partial charge on any atom is -0.393 e. The van der Waals surface area contributed by atoms with E-state index < -0.39 is 0 Å². The molecule has 0 amide bonds. The fourth-order valence-corrected chi connectivity index (χ4v) is 1.76. The normalized spacial score (nSPS) is 24.4. The second-order valence-electron chi connectivity index (χ2n) is 4.36. The lowest BCUT2D eigenvalue weighted by molar-refractivity contribution is 0.0925. The Balaban J connectivity index is 1.99. The van der Waals surface area contributed by atoms with Crippen LogP contribution in [0.3, 0.4) is 0 Å². The lowest BCUT2D eigenvalue weighted by Gasteiger charge is -2.19. The summed E-state index contributed by atoms with van der Waals surface area (Å²) in [6.45, 7) is 4.84. The molecule has 84 valence electrons. The maximum absolute atomic E-state index is 9.13. The van der Waals surface area contributed by atoms with E-state index in [1.807, 2.05) is 6.92 Å². The molecule has 2 atom stereocenters. The Kier molecular flexibility index (Phi) is 5.45. The second-order valence-corrected chi connectivity index (χ2v) is 4.36. The van der Waals surface area contributed by atoms with Crippen molar-refractivity contribution in [3.05, 3.63) is 0 Å². The van der Waals surface area contributed by atoms with Crippen LogP contribution in [0.4, 0.5) is 0 Å². The van der Waals surface area contributed by atoms with Crippen molar-refractivity contribution in [2.24, 2.45) is 0 Å². The third-order valence-electron chi connectivity index (χ3n) is 2.79. The minimum absolute atomic E-state index is 0.180. The van der Waals surface area contributed by atoms with Gasteiger partial charge in [-0.05, 0) is 39.7 Å². The minimum atomic E-state index is -0.180. The van der Waals surface area contributed by atoms with Crippen LogP contribution in [-0.2, 0) is 4.74 Å². The average Bonchev–Trinajstić information content (AvgIpc) is 2.63. The van der Waals surface area contributed by atoms with Gasteiger partial charge >= 0.3 is 0 Å². The summed E-state index contributed by atoms with van der Waals surface area (Å²) in [7, 11) is 2.11. The number of hydrogen-bond donors (Lipinski definition) is 1. The first-order chi connectivity index (χ1) is 6.68. The molecule has 1 heterocycles. The highest BCUT2D eigenvalue weighted by atomic mass is 16.5. The molecule has 0 aliphatic carbocycles. The summed E-state index contributed by atoms with van der Waals surface area (Å²) in [6, 6.07) is 0. The largest absolute Gasteiger partial charge is 0.393 e. The number of aliphatic hydroxyl groups excluding tert-OH is 1. The van der Waals surface area contributed by atoms with Crippen molar-refractivity contribution in [1.82, 2.24) is 4.90 Å². The van der Waals surface area contributed by atoms with Crippen LogP contribution in [0.15, 0.2) is 0 Å². The summed E-state index contributed by atoms with van der Waals surface area (Å²) in [5.41, 5.74) is 0. The maximum Gasteiger partial charge on any atom is 0.0588 e. The van der Waals surface area contributed by atoms with Gasteiger partial charge in [-0.15, -0.1) is 0 Å². The number of aliphatic hydroxyl groups is 1. The highest BCUT2D eigenvalue weighted by Crippen LogP contribution is 2.15. The van der Waals surface area contributed by atoms with Crippen LogP contribution >= 0.6 is 0 Å². The van der Waals surface area contributed by atoms with Gasteiger partial charge < -0.3 is 14.7 Å². The molecule has 3 heteroatoms. The van der Waals surface area contributed by atoms with Gasteiger partial charge in [0.25, 0.3) is 0 Å². The van der Waals surface area contributed by atoms with Crippen LogP contribution in [0.5, 0.6) is 0 Å². The van der Waals surface area contributed by atoms with E-state index in [1.165, 1.54) is 12.8 Å². The first-order valence-electron chi connectivity index (χ1n) is 5.66. The van der Waals surface area contributed by atoms with Gasteiger partial charge in [0.1, 0.15) is 0 Å². The standard InChI is InChI=1S/C11H23NO2/c1-10(13)5-7-12(2)8-6-11-4-3-9-14-11/h10-11,13H,3-9H2,1-2H3. The Bertz CT molecular complexity index is 144. The quantitative estimate of drug-likeness (QED) is 0.702. The Labute approximate surface area is 87.1 Å². The molecular weight excluding hydrogens is 178 g/mol. The zero-order chi connectivity index (χ0) is 10.4. The zero-order valence-corrected chi connectivity index (χ0v) is 9.41. The number of nitrogens with zero attached hydrogens (tertiary/aromatic N) is 1. The van der Waals surface area contributed by atoms with E-state index in [0.717, 1.165) is 32.5 Å². The van der Waals surface area contributed by atoms with E-state index in [2.05, 4.69) is 11.9 Å². The highest BCUT2D eigenvalue weighted by molar-refractivity contribution is 4.66. The summed E-state index contributed by atoms with van der Waals surface area (Å²) in [5, 5.41) is 9.13. The average molecular weight is 201 g/mol. The van der Waals surface area contributed by atoms with Crippen LogP contribution in [0.1, 0.15) is 32.6 Å². The van der Waals surface area contributed by atoms with E-state index in [0.29, 0.717) is 6.10 Å². The number of rotatable bonds is 6. The van der Waals surface area contributed by atoms with E-state index in [9.17, 15) is 0 Å². The van der Waals surface area contributed by atoms with Crippen molar-refractivity contribution in [3.8, 4) is 0 Å². The molecule has 1 aliphatic heterocycles. The van der Waals surface area contributed by atoms with E-state index >= 15 is 0 Å². The van der Waals surface area contributed by atoms with Crippen LogP contribution in [0, 0.1) is 0 Å². The lowest BCUT2D eigenvalue weighted by atomic mass is 10.2. The summed E-state index contributed by atoms with van der Waals surface area (Å²) in [6.07, 6.45) is 4.76. The Morgan fingerprint density at radius 3 is 2.86 bits per heavy atom. The number of ether oxygens (including phenoxy) is 1. The van der Waals surface area contributed by atoms with Gasteiger partial charge in [0.05, 0.1) is 12.2 Å². The molecule has 0 aromatic carbocycles. The molecule has 0 aromatic rings. The molecule has 1 rings (SSSR count). The molecule has 3 nitrogen and oxygen atoms in total. The van der Waals surface area contributed by atoms with Gasteiger partial charge in [-0.3, -0.25) is 0 Å². The van der Waals surface area contributed by atoms with Crippen molar-refractivity contribution in [1.29, 1.82) is 0 Å². The SMILES string of the molecule is CC(O)CCN(C)CCC1CCCO1. The van der Waals surface area contributed by atoms with Crippen LogP contribution in [0.2, 0.25) is 0 Å². The van der Waals surface area contributed by atoms with E-state index in [1.54, 1.807) is 0 Å². The van der Waals surface area contributed by atoms with E-state index in [-0.39, 0.29) is 6.10 Å². The molecule has 0 saturated carbocycles. The molecule has 1 fully saturated rings. The lowest BCUT2D eigenvalue weighted by Crippen LogP contribution is -2.26. The topological polar surface area (TPSA) is 32.7 Å². The summed E-state index contributed by atoms with van der Waals surface area (Å²) < 4.78 is 5.55. The molecule has 14 heavy (non-hydrogen) atoms. The third kappa shape index (κ3) is 4.94. The second kappa shape index (κ2) is 6.38. The third-order valence-corrected chi connectivity index (χ3v) is 2.79. The van der Waals surface area contributed by atoms with Crippen molar-refractivity contribution < 1.29 is 9.84 Å². The monoisotopic (exact) mass is 201 g/mol. The molecular formula is C11H23NO2. The Hall–Kier alpha value is -0.120. The first kappa shape index (κ1) is 12.0. The highest BCUT2D eigenvalue weighted by Gasteiger charge is 2.15. The molecule has 1 aliphatic rings. The number of hydrogen-bond acceptors (Lipinski definition) is 3.